The minimum Gasteiger partial charge on any atom is -0.368 e. The first-order valence-corrected chi connectivity index (χ1v) is 8.00. The van der Waals surface area contributed by atoms with Crippen LogP contribution in [0.5, 0.6) is 0 Å². The zero-order valence-electron chi connectivity index (χ0n) is 13.0. The number of rotatable bonds is 6. The molecule has 22 heavy (non-hydrogen) atoms. The van der Waals surface area contributed by atoms with E-state index in [2.05, 4.69) is 6.92 Å². The molecule has 2 aliphatic rings. The van der Waals surface area contributed by atoms with E-state index in [0.29, 0.717) is 5.56 Å². The molecule has 5 heteroatoms. The largest absolute Gasteiger partial charge is 0.368 e. The molecule has 0 aromatic heterocycles. The monoisotopic (exact) mass is 310 g/mol. The Labute approximate surface area is 130 Å². The Balaban J connectivity index is 1.66. The average Bonchev–Trinajstić information content (AvgIpc) is 3.00. The van der Waals surface area contributed by atoms with Gasteiger partial charge in [0.2, 0.25) is 0 Å². The second-order valence-electron chi connectivity index (χ2n) is 5.86. The zero-order chi connectivity index (χ0) is 15.5. The molecule has 1 aromatic rings. The van der Waals surface area contributed by atoms with Gasteiger partial charge in [0.25, 0.3) is 0 Å². The van der Waals surface area contributed by atoms with E-state index in [9.17, 15) is 4.39 Å². The van der Waals surface area contributed by atoms with Gasteiger partial charge in [-0.2, -0.15) is 0 Å². The smallest absolute Gasteiger partial charge is 0.189 e. The van der Waals surface area contributed by atoms with Crippen molar-refractivity contribution in [3.8, 4) is 0 Å². The molecule has 2 aliphatic heterocycles. The third-order valence-corrected chi connectivity index (χ3v) is 4.17. The summed E-state index contributed by atoms with van der Waals surface area (Å²) in [5.74, 6) is -0.250. The maximum atomic E-state index is 13.7. The lowest BCUT2D eigenvalue weighted by molar-refractivity contribution is -0.169. The number of hydrogen-bond donors (Lipinski definition) is 0. The van der Waals surface area contributed by atoms with E-state index < -0.39 is 0 Å². The van der Waals surface area contributed by atoms with Crippen molar-refractivity contribution in [1.82, 2.24) is 0 Å². The molecule has 0 spiro atoms. The summed E-state index contributed by atoms with van der Waals surface area (Å²) in [5, 5.41) is 0. The first kappa shape index (κ1) is 15.9. The van der Waals surface area contributed by atoms with E-state index in [4.69, 9.17) is 18.9 Å². The van der Waals surface area contributed by atoms with Gasteiger partial charge >= 0.3 is 0 Å². The molecule has 5 atom stereocenters. The van der Waals surface area contributed by atoms with Crippen molar-refractivity contribution in [3.63, 3.8) is 0 Å². The normalized spacial score (nSPS) is 34.0. The predicted octanol–water partition coefficient (Wildman–Crippen LogP) is 3.39. The van der Waals surface area contributed by atoms with E-state index in [1.54, 1.807) is 12.1 Å². The minimum absolute atomic E-state index is 0.0609. The van der Waals surface area contributed by atoms with Crippen LogP contribution in [0.1, 0.15) is 38.7 Å². The molecule has 2 fully saturated rings. The molecule has 1 aromatic carbocycles. The molecule has 0 radical (unpaired) electrons. The van der Waals surface area contributed by atoms with Gasteiger partial charge in [-0.05, 0) is 19.4 Å². The van der Waals surface area contributed by atoms with Gasteiger partial charge in [-0.25, -0.2) is 4.39 Å². The molecule has 2 heterocycles. The third-order valence-electron chi connectivity index (χ3n) is 4.17. The first-order chi connectivity index (χ1) is 10.7. The van der Waals surface area contributed by atoms with Gasteiger partial charge in [0.05, 0.1) is 12.7 Å². The molecule has 0 N–H and O–H groups in total. The lowest BCUT2D eigenvalue weighted by Crippen LogP contribution is -2.35. The topological polar surface area (TPSA) is 36.9 Å². The molecule has 0 amide bonds. The highest BCUT2D eigenvalue weighted by Crippen LogP contribution is 2.36. The fraction of sp³-hybridized carbons (Fsp3) is 0.647. The molecule has 2 saturated heterocycles. The Morgan fingerprint density at radius 2 is 2.00 bits per heavy atom. The van der Waals surface area contributed by atoms with Crippen molar-refractivity contribution in [2.75, 3.05) is 0 Å². The van der Waals surface area contributed by atoms with Crippen LogP contribution in [-0.4, -0.2) is 30.9 Å². The van der Waals surface area contributed by atoms with Crippen LogP contribution in [0.25, 0.3) is 0 Å². The maximum absolute atomic E-state index is 13.7. The van der Waals surface area contributed by atoms with E-state index in [1.807, 2.05) is 13.0 Å². The quantitative estimate of drug-likeness (QED) is 0.807. The summed E-state index contributed by atoms with van der Waals surface area (Å²) in [6.45, 7) is 4.20. The van der Waals surface area contributed by atoms with Crippen molar-refractivity contribution >= 4 is 0 Å². The van der Waals surface area contributed by atoms with E-state index in [1.165, 1.54) is 6.07 Å². The molecule has 0 saturated carbocycles. The summed E-state index contributed by atoms with van der Waals surface area (Å²) in [6, 6.07) is 6.66. The number of fused-ring (bicyclic) bond motifs is 1. The highest BCUT2D eigenvalue weighted by molar-refractivity contribution is 5.16. The highest BCUT2D eigenvalue weighted by Gasteiger charge is 2.51. The SMILES string of the molecule is CCCC[C@H]1O[C@@H]2OC(C)O[C@@H]2[C@H]1OCc1ccccc1F. The summed E-state index contributed by atoms with van der Waals surface area (Å²) in [5.41, 5.74) is 0.548. The van der Waals surface area contributed by atoms with E-state index >= 15 is 0 Å². The van der Waals surface area contributed by atoms with Crippen LogP contribution in [0.15, 0.2) is 24.3 Å². The van der Waals surface area contributed by atoms with Crippen LogP contribution in [0.3, 0.4) is 0 Å². The van der Waals surface area contributed by atoms with Gasteiger partial charge in [0.1, 0.15) is 18.0 Å². The summed E-state index contributed by atoms with van der Waals surface area (Å²) in [6.07, 6.45) is 1.86. The molecule has 0 aliphatic carbocycles. The number of unbranched alkanes of at least 4 members (excludes halogenated alkanes) is 1. The molecule has 122 valence electrons. The average molecular weight is 310 g/mol. The van der Waals surface area contributed by atoms with Crippen molar-refractivity contribution in [2.24, 2.45) is 0 Å². The van der Waals surface area contributed by atoms with Gasteiger partial charge in [-0.1, -0.05) is 38.0 Å². The van der Waals surface area contributed by atoms with Crippen molar-refractivity contribution in [2.45, 2.75) is 70.6 Å². The fourth-order valence-corrected chi connectivity index (χ4v) is 3.03. The zero-order valence-corrected chi connectivity index (χ0v) is 13.0. The Kier molecular flexibility index (Phi) is 5.08. The third kappa shape index (κ3) is 3.33. The molecule has 1 unspecified atom stereocenters. The van der Waals surface area contributed by atoms with Crippen molar-refractivity contribution < 1.29 is 23.3 Å². The van der Waals surface area contributed by atoms with Gasteiger partial charge in [-0.15, -0.1) is 0 Å². The Morgan fingerprint density at radius 1 is 1.18 bits per heavy atom. The summed E-state index contributed by atoms with van der Waals surface area (Å²) >= 11 is 0. The van der Waals surface area contributed by atoms with Crippen LogP contribution in [0.2, 0.25) is 0 Å². The second-order valence-corrected chi connectivity index (χ2v) is 5.86. The summed E-state index contributed by atoms with van der Waals surface area (Å²) < 4.78 is 37.0. The van der Waals surface area contributed by atoms with Gasteiger partial charge in [-0.3, -0.25) is 0 Å². The summed E-state index contributed by atoms with van der Waals surface area (Å²) in [7, 11) is 0. The minimum atomic E-state index is -0.373. The van der Waals surface area contributed by atoms with Crippen molar-refractivity contribution in [1.29, 1.82) is 0 Å². The number of hydrogen-bond acceptors (Lipinski definition) is 4. The molecule has 0 bridgehead atoms. The summed E-state index contributed by atoms with van der Waals surface area (Å²) in [4.78, 5) is 0. The highest BCUT2D eigenvalue weighted by atomic mass is 19.1. The Morgan fingerprint density at radius 3 is 2.77 bits per heavy atom. The number of ether oxygens (including phenoxy) is 4. The fourth-order valence-electron chi connectivity index (χ4n) is 3.03. The van der Waals surface area contributed by atoms with Crippen molar-refractivity contribution in [3.05, 3.63) is 35.6 Å². The Hall–Kier alpha value is -1.01. The second kappa shape index (κ2) is 7.04. The molecular formula is C17H23FO4. The maximum Gasteiger partial charge on any atom is 0.189 e. The van der Waals surface area contributed by atoms with Gasteiger partial charge in [0, 0.05) is 5.56 Å². The van der Waals surface area contributed by atoms with Gasteiger partial charge < -0.3 is 18.9 Å². The Bertz CT molecular complexity index is 495. The molecule has 4 nitrogen and oxygen atoms in total. The molecule has 3 rings (SSSR count). The number of benzene rings is 1. The van der Waals surface area contributed by atoms with E-state index in [0.717, 1.165) is 19.3 Å². The number of halogens is 1. The standard InChI is InChI=1S/C17H23FO4/c1-3-4-9-14-15(16-17(22-14)21-11(2)20-16)19-10-12-7-5-6-8-13(12)18/h5-8,11,14-17H,3-4,9-10H2,1-2H3/t11?,14-,15+,16-,17+/m1/s1. The molecular weight excluding hydrogens is 287 g/mol. The lowest BCUT2D eigenvalue weighted by Gasteiger charge is -2.23. The first-order valence-electron chi connectivity index (χ1n) is 8.00. The van der Waals surface area contributed by atoms with Crippen LogP contribution >= 0.6 is 0 Å². The van der Waals surface area contributed by atoms with Crippen LogP contribution in [-0.2, 0) is 25.6 Å². The van der Waals surface area contributed by atoms with Crippen LogP contribution < -0.4 is 0 Å². The van der Waals surface area contributed by atoms with Crippen LogP contribution in [0.4, 0.5) is 4.39 Å². The lowest BCUT2D eigenvalue weighted by atomic mass is 10.0. The van der Waals surface area contributed by atoms with E-state index in [-0.39, 0.29) is 43.3 Å². The van der Waals surface area contributed by atoms with Gasteiger partial charge in [0.15, 0.2) is 12.6 Å². The van der Waals surface area contributed by atoms with Crippen LogP contribution in [0, 0.1) is 5.82 Å². The predicted molar refractivity (Wildman–Crippen MR) is 78.6 cm³/mol.